The van der Waals surface area contributed by atoms with Crippen LogP contribution < -0.4 is 0 Å². The molecule has 0 saturated carbocycles. The third kappa shape index (κ3) is 1.30. The summed E-state index contributed by atoms with van der Waals surface area (Å²) in [6.07, 6.45) is 5.33. The molecule has 2 heteroatoms. The van der Waals surface area contributed by atoms with Gasteiger partial charge in [-0.1, -0.05) is 11.6 Å². The Kier molecular flexibility index (Phi) is 1.48. The number of hydrogen-bond acceptors (Lipinski definition) is 1. The fourth-order valence-electron chi connectivity index (χ4n) is 1.65. The van der Waals surface area contributed by atoms with Crippen LogP contribution >= 0.6 is 0 Å². The van der Waals surface area contributed by atoms with Crippen LogP contribution in [0.4, 0.5) is 0 Å². The van der Waals surface area contributed by atoms with E-state index in [9.17, 15) is 4.79 Å². The summed E-state index contributed by atoms with van der Waals surface area (Å²) in [6, 6.07) is 0. The Morgan fingerprint density at radius 3 is 2.91 bits per heavy atom. The minimum Gasteiger partial charge on any atom is -0.346 e. The van der Waals surface area contributed by atoms with E-state index >= 15 is 0 Å². The summed E-state index contributed by atoms with van der Waals surface area (Å²) in [5.41, 5.74) is 1.52. The van der Waals surface area contributed by atoms with E-state index in [0.29, 0.717) is 11.8 Å². The topological polar surface area (TPSA) is 20.3 Å². The maximum absolute atomic E-state index is 11.2. The summed E-state index contributed by atoms with van der Waals surface area (Å²) in [7, 11) is 1.89. The first-order chi connectivity index (χ1) is 5.27. The molecule has 0 bridgehead atoms. The van der Waals surface area contributed by atoms with E-state index in [0.717, 1.165) is 13.0 Å². The molecule has 1 fully saturated rings. The number of carbonyl (C=O) groups is 1. The maximum atomic E-state index is 11.2. The van der Waals surface area contributed by atoms with Crippen molar-refractivity contribution in [3.8, 4) is 0 Å². The zero-order valence-corrected chi connectivity index (χ0v) is 6.84. The molecule has 0 spiro atoms. The smallest absolute Gasteiger partial charge is 0.222 e. The minimum atomic E-state index is 0.314. The molecule has 2 rings (SSSR count). The highest BCUT2D eigenvalue weighted by atomic mass is 16.2. The van der Waals surface area contributed by atoms with Crippen molar-refractivity contribution in [2.75, 3.05) is 13.6 Å². The standard InChI is InChI=1S/C9H13NO/c1-10-5-4-8(6-9(10)11)7-2-3-7/h2,8H,3-6H2,1H3. The number of likely N-dealkylation sites (tertiary alicyclic amines) is 1. The Hall–Kier alpha value is -0.790. The third-order valence-electron chi connectivity index (χ3n) is 2.62. The normalized spacial score (nSPS) is 30.3. The van der Waals surface area contributed by atoms with E-state index in [1.165, 1.54) is 18.4 Å². The second-order valence-electron chi connectivity index (χ2n) is 3.49. The predicted octanol–water partition coefficient (Wildman–Crippen LogP) is 1.18. The molecule has 2 aliphatic rings. The monoisotopic (exact) mass is 151 g/mol. The van der Waals surface area contributed by atoms with E-state index in [-0.39, 0.29) is 0 Å². The van der Waals surface area contributed by atoms with E-state index in [2.05, 4.69) is 6.08 Å². The van der Waals surface area contributed by atoms with Gasteiger partial charge >= 0.3 is 0 Å². The molecule has 11 heavy (non-hydrogen) atoms. The van der Waals surface area contributed by atoms with Crippen LogP contribution in [0, 0.1) is 5.92 Å². The SMILES string of the molecule is CN1CCC(C2=CC2)CC1=O. The van der Waals surface area contributed by atoms with Gasteiger partial charge in [0, 0.05) is 20.0 Å². The van der Waals surface area contributed by atoms with Crippen LogP contribution in [0.15, 0.2) is 11.6 Å². The molecule has 1 saturated heterocycles. The van der Waals surface area contributed by atoms with Crippen molar-refractivity contribution >= 4 is 5.91 Å². The molecule has 60 valence electrons. The number of carbonyl (C=O) groups excluding carboxylic acids is 1. The van der Waals surface area contributed by atoms with Gasteiger partial charge in [-0.05, 0) is 18.8 Å². The number of piperidine rings is 1. The fourth-order valence-corrected chi connectivity index (χ4v) is 1.65. The van der Waals surface area contributed by atoms with Crippen molar-refractivity contribution in [3.05, 3.63) is 11.6 Å². The summed E-state index contributed by atoms with van der Waals surface area (Å²) in [4.78, 5) is 13.1. The second-order valence-corrected chi connectivity index (χ2v) is 3.49. The number of allylic oxidation sites excluding steroid dienone is 2. The van der Waals surface area contributed by atoms with Gasteiger partial charge in [0.2, 0.25) is 5.91 Å². The van der Waals surface area contributed by atoms with Crippen LogP contribution in [0.2, 0.25) is 0 Å². The van der Waals surface area contributed by atoms with Gasteiger partial charge in [0.1, 0.15) is 0 Å². The van der Waals surface area contributed by atoms with Gasteiger partial charge in [0.25, 0.3) is 0 Å². The zero-order valence-electron chi connectivity index (χ0n) is 6.84. The molecular weight excluding hydrogens is 138 g/mol. The van der Waals surface area contributed by atoms with E-state index < -0.39 is 0 Å². The van der Waals surface area contributed by atoms with E-state index in [4.69, 9.17) is 0 Å². The average molecular weight is 151 g/mol. The molecular formula is C9H13NO. The Balaban J connectivity index is 1.97. The predicted molar refractivity (Wildman–Crippen MR) is 43.1 cm³/mol. The quantitative estimate of drug-likeness (QED) is 0.515. The first-order valence-corrected chi connectivity index (χ1v) is 4.20. The molecule has 0 aromatic rings. The summed E-state index contributed by atoms with van der Waals surface area (Å²) in [5.74, 6) is 0.910. The molecule has 1 unspecified atom stereocenters. The lowest BCUT2D eigenvalue weighted by atomic mass is 9.94. The number of amides is 1. The molecule has 0 N–H and O–H groups in total. The second kappa shape index (κ2) is 2.36. The van der Waals surface area contributed by atoms with Crippen molar-refractivity contribution < 1.29 is 4.79 Å². The van der Waals surface area contributed by atoms with Gasteiger partial charge in [-0.15, -0.1) is 0 Å². The first kappa shape index (κ1) is 6.89. The summed E-state index contributed by atoms with van der Waals surface area (Å²) in [5, 5.41) is 0. The van der Waals surface area contributed by atoms with Crippen molar-refractivity contribution in [2.45, 2.75) is 19.3 Å². The molecule has 1 aliphatic carbocycles. The van der Waals surface area contributed by atoms with Crippen molar-refractivity contribution in [3.63, 3.8) is 0 Å². The lowest BCUT2D eigenvalue weighted by molar-refractivity contribution is -0.132. The van der Waals surface area contributed by atoms with Crippen LogP contribution in [-0.2, 0) is 4.79 Å². The van der Waals surface area contributed by atoms with Crippen molar-refractivity contribution in [1.82, 2.24) is 4.90 Å². The Labute approximate surface area is 66.9 Å². The highest BCUT2D eigenvalue weighted by Crippen LogP contribution is 2.34. The van der Waals surface area contributed by atoms with Crippen LogP contribution in [-0.4, -0.2) is 24.4 Å². The third-order valence-corrected chi connectivity index (χ3v) is 2.62. The zero-order chi connectivity index (χ0) is 7.84. The van der Waals surface area contributed by atoms with Crippen LogP contribution in [0.25, 0.3) is 0 Å². The van der Waals surface area contributed by atoms with Crippen LogP contribution in [0.3, 0.4) is 0 Å². The van der Waals surface area contributed by atoms with Crippen molar-refractivity contribution in [2.24, 2.45) is 5.92 Å². The number of hydrogen-bond donors (Lipinski definition) is 0. The Morgan fingerprint density at radius 1 is 1.64 bits per heavy atom. The Morgan fingerprint density at radius 2 is 2.36 bits per heavy atom. The van der Waals surface area contributed by atoms with Gasteiger partial charge < -0.3 is 4.90 Å². The molecule has 1 atom stereocenters. The van der Waals surface area contributed by atoms with E-state index in [1.807, 2.05) is 11.9 Å². The summed E-state index contributed by atoms with van der Waals surface area (Å²) < 4.78 is 0. The maximum Gasteiger partial charge on any atom is 0.222 e. The highest BCUT2D eigenvalue weighted by Gasteiger charge is 2.28. The summed E-state index contributed by atoms with van der Waals surface area (Å²) >= 11 is 0. The minimum absolute atomic E-state index is 0.314. The van der Waals surface area contributed by atoms with Crippen LogP contribution in [0.5, 0.6) is 0 Å². The Bertz CT molecular complexity index is 220. The number of nitrogens with zero attached hydrogens (tertiary/aromatic N) is 1. The largest absolute Gasteiger partial charge is 0.346 e. The lowest BCUT2D eigenvalue weighted by Crippen LogP contribution is -2.35. The van der Waals surface area contributed by atoms with Gasteiger partial charge in [-0.3, -0.25) is 4.79 Å². The molecule has 0 aromatic heterocycles. The highest BCUT2D eigenvalue weighted by molar-refractivity contribution is 5.77. The fraction of sp³-hybridized carbons (Fsp3) is 0.667. The van der Waals surface area contributed by atoms with Crippen LogP contribution in [0.1, 0.15) is 19.3 Å². The molecule has 1 aliphatic heterocycles. The lowest BCUT2D eigenvalue weighted by Gasteiger charge is -2.27. The first-order valence-electron chi connectivity index (χ1n) is 4.20. The van der Waals surface area contributed by atoms with Gasteiger partial charge in [0.05, 0.1) is 0 Å². The van der Waals surface area contributed by atoms with Gasteiger partial charge in [0.15, 0.2) is 0 Å². The average Bonchev–Trinajstić information content (AvgIpc) is 2.77. The molecule has 1 heterocycles. The van der Waals surface area contributed by atoms with Crippen molar-refractivity contribution in [1.29, 1.82) is 0 Å². The van der Waals surface area contributed by atoms with Gasteiger partial charge in [-0.25, -0.2) is 0 Å². The molecule has 0 radical (unpaired) electrons. The molecule has 0 aromatic carbocycles. The molecule has 2 nitrogen and oxygen atoms in total. The number of rotatable bonds is 1. The van der Waals surface area contributed by atoms with Gasteiger partial charge in [-0.2, -0.15) is 0 Å². The summed E-state index contributed by atoms with van der Waals surface area (Å²) in [6.45, 7) is 0.945. The van der Waals surface area contributed by atoms with E-state index in [1.54, 1.807) is 0 Å². The molecule has 1 amide bonds.